The number of carbonyl (C=O) groups excluding carboxylic acids is 2. The Kier molecular flexibility index (Phi) is 7.61. The van der Waals surface area contributed by atoms with E-state index in [0.29, 0.717) is 22.7 Å². The first-order chi connectivity index (χ1) is 15.0. The number of aliphatic hydroxyl groups excluding tert-OH is 1. The lowest BCUT2D eigenvalue weighted by Gasteiger charge is -2.16. The van der Waals surface area contributed by atoms with E-state index in [1.165, 1.54) is 17.9 Å². The Labute approximate surface area is 181 Å². The summed E-state index contributed by atoms with van der Waals surface area (Å²) in [5, 5.41) is 16.8. The fraction of sp³-hybridized carbons (Fsp3) is 0.348. The van der Waals surface area contributed by atoms with E-state index in [2.05, 4.69) is 10.4 Å². The average molecular weight is 425 g/mol. The van der Waals surface area contributed by atoms with Gasteiger partial charge in [0.25, 0.3) is 5.91 Å². The van der Waals surface area contributed by atoms with E-state index in [1.54, 1.807) is 44.6 Å². The summed E-state index contributed by atoms with van der Waals surface area (Å²) in [5.41, 5.74) is 1.70. The van der Waals surface area contributed by atoms with Crippen molar-refractivity contribution in [3.8, 4) is 11.5 Å². The number of methoxy groups -OCH3 is 1. The Balaban J connectivity index is 1.66. The zero-order chi connectivity index (χ0) is 22.2. The maximum atomic E-state index is 12.6. The number of amides is 2. The van der Waals surface area contributed by atoms with Crippen LogP contribution in [0.15, 0.2) is 47.6 Å². The highest BCUT2D eigenvalue weighted by atomic mass is 16.5. The summed E-state index contributed by atoms with van der Waals surface area (Å²) in [6.07, 6.45) is 6.23. The minimum atomic E-state index is -0.600. The normalized spacial score (nSPS) is 13.9. The van der Waals surface area contributed by atoms with Crippen molar-refractivity contribution in [2.24, 2.45) is 5.10 Å². The van der Waals surface area contributed by atoms with Crippen LogP contribution in [-0.4, -0.2) is 55.0 Å². The summed E-state index contributed by atoms with van der Waals surface area (Å²) in [6, 6.07) is 11.9. The van der Waals surface area contributed by atoms with Crippen LogP contribution in [0.1, 0.15) is 41.6 Å². The molecule has 0 aliphatic heterocycles. The maximum Gasteiger partial charge on any atom is 0.273 e. The van der Waals surface area contributed by atoms with Crippen LogP contribution in [0.2, 0.25) is 0 Å². The molecule has 31 heavy (non-hydrogen) atoms. The predicted octanol–water partition coefficient (Wildman–Crippen LogP) is 3.05. The van der Waals surface area contributed by atoms with Crippen LogP contribution in [0.5, 0.6) is 11.5 Å². The van der Waals surface area contributed by atoms with Gasteiger partial charge in [-0.25, -0.2) is 5.01 Å². The summed E-state index contributed by atoms with van der Waals surface area (Å²) in [4.78, 5) is 23.8. The van der Waals surface area contributed by atoms with E-state index in [9.17, 15) is 9.59 Å². The standard InChI is InChI=1S/C23H27N3O5/c1-26(23(29)17-8-10-18(11-9-17)25-22(28)15-27)24-14-16-7-12-20(30-2)21(13-16)31-19-5-3-4-6-19/h7-14,19,27H,3-6,15H2,1-2H3,(H,25,28). The molecule has 164 valence electrons. The number of aliphatic hydroxyl groups is 1. The number of hydrazone groups is 1. The fourth-order valence-electron chi connectivity index (χ4n) is 3.34. The summed E-state index contributed by atoms with van der Waals surface area (Å²) in [5.74, 6) is 0.526. The minimum absolute atomic E-state index is 0.204. The topological polar surface area (TPSA) is 100 Å². The first kappa shape index (κ1) is 22.3. The zero-order valence-electron chi connectivity index (χ0n) is 17.7. The van der Waals surface area contributed by atoms with Gasteiger partial charge < -0.3 is 19.9 Å². The molecule has 1 aliphatic rings. The highest BCUT2D eigenvalue weighted by Gasteiger charge is 2.18. The van der Waals surface area contributed by atoms with Gasteiger partial charge in [0.1, 0.15) is 6.61 Å². The van der Waals surface area contributed by atoms with Crippen molar-refractivity contribution in [1.29, 1.82) is 0 Å². The van der Waals surface area contributed by atoms with Gasteiger partial charge in [-0.15, -0.1) is 0 Å². The second-order valence-corrected chi connectivity index (χ2v) is 7.29. The van der Waals surface area contributed by atoms with Crippen molar-refractivity contribution >= 4 is 23.7 Å². The van der Waals surface area contributed by atoms with Crippen LogP contribution in [-0.2, 0) is 4.79 Å². The first-order valence-electron chi connectivity index (χ1n) is 10.2. The Morgan fingerprint density at radius 3 is 2.52 bits per heavy atom. The van der Waals surface area contributed by atoms with Gasteiger partial charge in [0, 0.05) is 18.3 Å². The van der Waals surface area contributed by atoms with E-state index in [1.807, 2.05) is 18.2 Å². The number of nitrogens with zero attached hydrogens (tertiary/aromatic N) is 2. The molecule has 8 heteroatoms. The molecule has 2 N–H and O–H groups in total. The lowest BCUT2D eigenvalue weighted by atomic mass is 10.2. The Morgan fingerprint density at radius 2 is 1.87 bits per heavy atom. The van der Waals surface area contributed by atoms with Crippen LogP contribution in [0.4, 0.5) is 5.69 Å². The molecule has 1 fully saturated rings. The molecular formula is C23H27N3O5. The molecule has 1 aliphatic carbocycles. The molecule has 0 heterocycles. The van der Waals surface area contributed by atoms with E-state index in [-0.39, 0.29) is 12.0 Å². The molecule has 2 aromatic carbocycles. The van der Waals surface area contributed by atoms with Crippen molar-refractivity contribution < 1.29 is 24.2 Å². The highest BCUT2D eigenvalue weighted by Crippen LogP contribution is 2.32. The molecule has 8 nitrogen and oxygen atoms in total. The van der Waals surface area contributed by atoms with Gasteiger partial charge in [-0.2, -0.15) is 5.10 Å². The van der Waals surface area contributed by atoms with Crippen molar-refractivity contribution in [3.05, 3.63) is 53.6 Å². The van der Waals surface area contributed by atoms with Crippen molar-refractivity contribution in [2.45, 2.75) is 31.8 Å². The van der Waals surface area contributed by atoms with E-state index in [0.717, 1.165) is 18.4 Å². The third-order valence-electron chi connectivity index (χ3n) is 5.02. The molecule has 0 bridgehead atoms. The van der Waals surface area contributed by atoms with E-state index in [4.69, 9.17) is 14.6 Å². The molecule has 2 aromatic rings. The molecule has 0 spiro atoms. The van der Waals surface area contributed by atoms with Crippen LogP contribution in [0.3, 0.4) is 0 Å². The molecule has 2 amide bonds. The number of rotatable bonds is 8. The summed E-state index contributed by atoms with van der Waals surface area (Å²) in [6.45, 7) is -0.600. The lowest BCUT2D eigenvalue weighted by Crippen LogP contribution is -2.21. The van der Waals surface area contributed by atoms with Crippen LogP contribution >= 0.6 is 0 Å². The summed E-state index contributed by atoms with van der Waals surface area (Å²) < 4.78 is 11.5. The molecule has 0 atom stereocenters. The van der Waals surface area contributed by atoms with Crippen LogP contribution in [0, 0.1) is 0 Å². The van der Waals surface area contributed by atoms with Gasteiger partial charge in [0.05, 0.1) is 19.4 Å². The molecule has 0 saturated heterocycles. The first-order valence-corrected chi connectivity index (χ1v) is 10.2. The van der Waals surface area contributed by atoms with E-state index >= 15 is 0 Å². The van der Waals surface area contributed by atoms with Gasteiger partial charge >= 0.3 is 0 Å². The number of ether oxygens (including phenoxy) is 2. The second kappa shape index (κ2) is 10.6. The minimum Gasteiger partial charge on any atom is -0.493 e. The van der Waals surface area contributed by atoms with E-state index < -0.39 is 12.5 Å². The third-order valence-corrected chi connectivity index (χ3v) is 5.02. The quantitative estimate of drug-likeness (QED) is 0.500. The van der Waals surface area contributed by atoms with Crippen molar-refractivity contribution in [1.82, 2.24) is 5.01 Å². The molecule has 3 rings (SSSR count). The maximum absolute atomic E-state index is 12.6. The number of carbonyl (C=O) groups is 2. The number of anilines is 1. The number of nitrogens with one attached hydrogen (secondary N) is 1. The number of benzene rings is 2. The number of hydrogen-bond donors (Lipinski definition) is 2. The highest BCUT2D eigenvalue weighted by molar-refractivity contribution is 5.96. The average Bonchev–Trinajstić information content (AvgIpc) is 3.30. The molecule has 0 aromatic heterocycles. The van der Waals surface area contributed by atoms with Crippen molar-refractivity contribution in [2.75, 3.05) is 26.1 Å². The predicted molar refractivity (Wildman–Crippen MR) is 118 cm³/mol. The van der Waals surface area contributed by atoms with Gasteiger partial charge in [-0.05, 0) is 73.7 Å². The Bertz CT molecular complexity index is 937. The fourth-order valence-corrected chi connectivity index (χ4v) is 3.34. The zero-order valence-corrected chi connectivity index (χ0v) is 17.7. The molecular weight excluding hydrogens is 398 g/mol. The van der Waals surface area contributed by atoms with Gasteiger partial charge in [0.15, 0.2) is 11.5 Å². The van der Waals surface area contributed by atoms with Gasteiger partial charge in [-0.1, -0.05) is 0 Å². The lowest BCUT2D eigenvalue weighted by molar-refractivity contribution is -0.118. The van der Waals surface area contributed by atoms with Crippen LogP contribution < -0.4 is 14.8 Å². The monoisotopic (exact) mass is 425 g/mol. The Hall–Kier alpha value is -3.39. The third kappa shape index (κ3) is 6.05. The molecule has 0 unspecified atom stereocenters. The van der Waals surface area contributed by atoms with Crippen LogP contribution in [0.25, 0.3) is 0 Å². The second-order valence-electron chi connectivity index (χ2n) is 7.29. The SMILES string of the molecule is COc1ccc(C=NN(C)C(=O)c2ccc(NC(=O)CO)cc2)cc1OC1CCCC1. The molecule has 0 radical (unpaired) electrons. The van der Waals surface area contributed by atoms with Gasteiger partial charge in [-0.3, -0.25) is 9.59 Å². The summed E-state index contributed by atoms with van der Waals surface area (Å²) in [7, 11) is 3.18. The van der Waals surface area contributed by atoms with Crippen molar-refractivity contribution in [3.63, 3.8) is 0 Å². The number of hydrogen-bond acceptors (Lipinski definition) is 6. The summed E-state index contributed by atoms with van der Waals surface area (Å²) >= 11 is 0. The van der Waals surface area contributed by atoms with Gasteiger partial charge in [0.2, 0.25) is 5.91 Å². The molecule has 1 saturated carbocycles. The Morgan fingerprint density at radius 1 is 1.16 bits per heavy atom. The largest absolute Gasteiger partial charge is 0.493 e. The smallest absolute Gasteiger partial charge is 0.273 e.